The van der Waals surface area contributed by atoms with Gasteiger partial charge in [-0.25, -0.2) is 4.98 Å². The van der Waals surface area contributed by atoms with Crippen LogP contribution in [-0.2, 0) is 0 Å². The Morgan fingerprint density at radius 3 is 2.90 bits per heavy atom. The quantitative estimate of drug-likeness (QED) is 0.626. The largest absolute Gasteiger partial charge is 0.351 e. The normalized spacial score (nSPS) is 15.3. The predicted molar refractivity (Wildman–Crippen MR) is 83.4 cm³/mol. The number of hydrogen-bond acceptors (Lipinski definition) is 2. The summed E-state index contributed by atoms with van der Waals surface area (Å²) in [6, 6.07) is 10.7. The molecule has 0 atom stereocenters. The lowest BCUT2D eigenvalue weighted by Gasteiger charge is -2.25. The van der Waals surface area contributed by atoms with Crippen molar-refractivity contribution in [2.45, 2.75) is 13.3 Å². The first-order valence-electron chi connectivity index (χ1n) is 7.10. The molecule has 4 rings (SSSR count). The second-order valence-corrected chi connectivity index (χ2v) is 5.40. The van der Waals surface area contributed by atoms with Crippen LogP contribution in [-0.4, -0.2) is 22.5 Å². The molecular formula is C17H17N3. The summed E-state index contributed by atoms with van der Waals surface area (Å²) in [5.41, 5.74) is 4.68. The SMILES string of the molecule is Cc1ccc2c(c1)nc(N1CC=CCC1)c1cccn12. The first kappa shape index (κ1) is 11.5. The van der Waals surface area contributed by atoms with Gasteiger partial charge in [-0.1, -0.05) is 18.2 Å². The van der Waals surface area contributed by atoms with E-state index in [1.807, 2.05) is 0 Å². The number of nitrogens with zero attached hydrogens (tertiary/aromatic N) is 3. The zero-order valence-electron chi connectivity index (χ0n) is 11.6. The smallest absolute Gasteiger partial charge is 0.153 e. The highest BCUT2D eigenvalue weighted by atomic mass is 15.2. The average Bonchev–Trinajstić information content (AvgIpc) is 2.96. The van der Waals surface area contributed by atoms with Crippen molar-refractivity contribution in [3.8, 4) is 0 Å². The second kappa shape index (κ2) is 4.37. The molecule has 0 saturated carbocycles. The van der Waals surface area contributed by atoms with E-state index in [1.54, 1.807) is 0 Å². The molecule has 0 bridgehead atoms. The van der Waals surface area contributed by atoms with Crippen molar-refractivity contribution in [1.29, 1.82) is 0 Å². The van der Waals surface area contributed by atoms with E-state index in [0.29, 0.717) is 0 Å². The fraction of sp³-hybridized carbons (Fsp3) is 0.235. The minimum atomic E-state index is 0.950. The van der Waals surface area contributed by atoms with Crippen LogP contribution in [0.1, 0.15) is 12.0 Å². The van der Waals surface area contributed by atoms with E-state index in [0.717, 1.165) is 30.8 Å². The Morgan fingerprint density at radius 2 is 2.05 bits per heavy atom. The molecule has 3 aromatic rings. The molecule has 3 heterocycles. The van der Waals surface area contributed by atoms with Crippen LogP contribution in [0.25, 0.3) is 16.6 Å². The van der Waals surface area contributed by atoms with Crippen molar-refractivity contribution in [2.24, 2.45) is 0 Å². The Kier molecular flexibility index (Phi) is 2.52. The summed E-state index contributed by atoms with van der Waals surface area (Å²) in [5, 5.41) is 0. The minimum absolute atomic E-state index is 0.950. The van der Waals surface area contributed by atoms with Crippen LogP contribution in [0.5, 0.6) is 0 Å². The Hall–Kier alpha value is -2.29. The summed E-state index contributed by atoms with van der Waals surface area (Å²) in [4.78, 5) is 7.29. The topological polar surface area (TPSA) is 20.5 Å². The van der Waals surface area contributed by atoms with Gasteiger partial charge in [0.05, 0.1) is 16.6 Å². The summed E-state index contributed by atoms with van der Waals surface area (Å²) in [6.45, 7) is 4.11. The number of fused-ring (bicyclic) bond motifs is 3. The Bertz CT molecular complexity index is 814. The fourth-order valence-electron chi connectivity index (χ4n) is 2.94. The lowest BCUT2D eigenvalue weighted by Crippen LogP contribution is -2.28. The Labute approximate surface area is 118 Å². The number of benzene rings is 1. The number of hydrogen-bond donors (Lipinski definition) is 0. The van der Waals surface area contributed by atoms with Crippen LogP contribution in [0, 0.1) is 6.92 Å². The Balaban J connectivity index is 2.02. The summed E-state index contributed by atoms with van der Waals surface area (Å²) >= 11 is 0. The van der Waals surface area contributed by atoms with Crippen LogP contribution in [0.4, 0.5) is 5.82 Å². The molecule has 0 saturated heterocycles. The minimum Gasteiger partial charge on any atom is -0.351 e. The molecule has 0 radical (unpaired) electrons. The zero-order valence-corrected chi connectivity index (χ0v) is 11.6. The fourth-order valence-corrected chi connectivity index (χ4v) is 2.94. The molecule has 3 nitrogen and oxygen atoms in total. The van der Waals surface area contributed by atoms with E-state index < -0.39 is 0 Å². The summed E-state index contributed by atoms with van der Waals surface area (Å²) in [7, 11) is 0. The highest BCUT2D eigenvalue weighted by Crippen LogP contribution is 2.26. The van der Waals surface area contributed by atoms with E-state index in [2.05, 4.69) is 64.9 Å². The standard InChI is InChI=1S/C17H17N3/c1-13-7-8-15-14(12-13)18-17(16-6-5-11-20(15)16)19-9-3-2-4-10-19/h2-3,5-8,11-12H,4,9-10H2,1H3. The van der Waals surface area contributed by atoms with Gasteiger partial charge in [-0.05, 0) is 43.2 Å². The highest BCUT2D eigenvalue weighted by molar-refractivity contribution is 5.85. The Morgan fingerprint density at radius 1 is 1.10 bits per heavy atom. The van der Waals surface area contributed by atoms with Crippen molar-refractivity contribution >= 4 is 22.4 Å². The van der Waals surface area contributed by atoms with Gasteiger partial charge in [-0.3, -0.25) is 0 Å². The van der Waals surface area contributed by atoms with E-state index in [-0.39, 0.29) is 0 Å². The molecule has 20 heavy (non-hydrogen) atoms. The molecule has 1 aromatic carbocycles. The van der Waals surface area contributed by atoms with Gasteiger partial charge in [0.25, 0.3) is 0 Å². The summed E-state index contributed by atoms with van der Waals surface area (Å²) in [5.74, 6) is 1.09. The molecule has 0 spiro atoms. The van der Waals surface area contributed by atoms with Gasteiger partial charge in [0.2, 0.25) is 0 Å². The first-order valence-corrected chi connectivity index (χ1v) is 7.10. The average molecular weight is 263 g/mol. The number of rotatable bonds is 1. The molecule has 0 fully saturated rings. The zero-order chi connectivity index (χ0) is 13.5. The second-order valence-electron chi connectivity index (χ2n) is 5.40. The van der Waals surface area contributed by atoms with Crippen LogP contribution >= 0.6 is 0 Å². The molecule has 1 aliphatic heterocycles. The molecule has 0 amide bonds. The van der Waals surface area contributed by atoms with Gasteiger partial charge in [0, 0.05) is 19.3 Å². The molecule has 100 valence electrons. The molecule has 0 N–H and O–H groups in total. The maximum absolute atomic E-state index is 4.93. The van der Waals surface area contributed by atoms with Gasteiger partial charge in [0.15, 0.2) is 5.82 Å². The third kappa shape index (κ3) is 1.70. The third-order valence-corrected chi connectivity index (χ3v) is 3.95. The van der Waals surface area contributed by atoms with Gasteiger partial charge < -0.3 is 9.30 Å². The molecule has 3 heteroatoms. The van der Waals surface area contributed by atoms with E-state index in [4.69, 9.17) is 4.98 Å². The molecule has 2 aromatic heterocycles. The third-order valence-electron chi connectivity index (χ3n) is 3.95. The van der Waals surface area contributed by atoms with Crippen LogP contribution in [0.3, 0.4) is 0 Å². The lowest BCUT2D eigenvalue weighted by molar-refractivity contribution is 0.809. The highest BCUT2D eigenvalue weighted by Gasteiger charge is 2.15. The summed E-state index contributed by atoms with van der Waals surface area (Å²) < 4.78 is 2.25. The lowest BCUT2D eigenvalue weighted by atomic mass is 10.2. The molecule has 0 aliphatic carbocycles. The number of aryl methyl sites for hydroxylation is 1. The molecule has 1 aliphatic rings. The van der Waals surface area contributed by atoms with Gasteiger partial charge in [-0.2, -0.15) is 0 Å². The maximum Gasteiger partial charge on any atom is 0.153 e. The van der Waals surface area contributed by atoms with E-state index in [1.165, 1.54) is 16.6 Å². The van der Waals surface area contributed by atoms with Gasteiger partial charge >= 0.3 is 0 Å². The predicted octanol–water partition coefficient (Wildman–Crippen LogP) is 3.56. The maximum atomic E-state index is 4.93. The van der Waals surface area contributed by atoms with E-state index in [9.17, 15) is 0 Å². The van der Waals surface area contributed by atoms with Crippen molar-refractivity contribution in [3.63, 3.8) is 0 Å². The molecule has 0 unspecified atom stereocenters. The first-order chi connectivity index (χ1) is 9.83. The van der Waals surface area contributed by atoms with Crippen LogP contribution < -0.4 is 4.90 Å². The number of anilines is 1. The van der Waals surface area contributed by atoms with Gasteiger partial charge in [-0.15, -0.1) is 0 Å². The van der Waals surface area contributed by atoms with Crippen LogP contribution in [0.15, 0.2) is 48.7 Å². The van der Waals surface area contributed by atoms with Crippen molar-refractivity contribution in [1.82, 2.24) is 9.38 Å². The summed E-state index contributed by atoms with van der Waals surface area (Å²) in [6.07, 6.45) is 7.69. The van der Waals surface area contributed by atoms with Crippen molar-refractivity contribution < 1.29 is 0 Å². The van der Waals surface area contributed by atoms with Crippen molar-refractivity contribution in [3.05, 3.63) is 54.2 Å². The molecular weight excluding hydrogens is 246 g/mol. The van der Waals surface area contributed by atoms with E-state index >= 15 is 0 Å². The van der Waals surface area contributed by atoms with Gasteiger partial charge in [0.1, 0.15) is 0 Å². The number of aromatic nitrogens is 2. The van der Waals surface area contributed by atoms with Crippen LogP contribution in [0.2, 0.25) is 0 Å². The van der Waals surface area contributed by atoms with Crippen molar-refractivity contribution in [2.75, 3.05) is 18.0 Å². The monoisotopic (exact) mass is 263 g/mol.